The van der Waals surface area contributed by atoms with Gasteiger partial charge in [-0.2, -0.15) is 0 Å². The largest absolute Gasteiger partial charge is 0.359 e. The Bertz CT molecular complexity index is 1550. The number of aryl methyl sites for hydroxylation is 1. The second-order valence-electron chi connectivity index (χ2n) is 13.1. The number of carbonyl (C=O) groups excluding carboxylic acids is 2. The number of thioether (sulfide) groups is 1. The van der Waals surface area contributed by atoms with Crippen molar-refractivity contribution in [2.45, 2.75) is 62.4 Å². The molecule has 45 heavy (non-hydrogen) atoms. The molecule has 1 saturated heterocycles. The van der Waals surface area contributed by atoms with Crippen LogP contribution in [0.1, 0.15) is 78.4 Å². The second kappa shape index (κ2) is 13.2. The Labute approximate surface area is 270 Å². The molecule has 10 nitrogen and oxygen atoms in total. The van der Waals surface area contributed by atoms with E-state index in [1.807, 2.05) is 22.6 Å². The molecule has 6 rings (SSSR count). The van der Waals surface area contributed by atoms with Crippen LogP contribution >= 0.6 is 11.8 Å². The molecule has 3 N–H and O–H groups in total. The van der Waals surface area contributed by atoms with Crippen molar-refractivity contribution < 1.29 is 14.3 Å². The normalized spacial score (nSPS) is 23.9. The fraction of sp³-hybridized carbons (Fsp3) is 0.529. The van der Waals surface area contributed by atoms with Gasteiger partial charge in [-0.25, -0.2) is 0 Å². The lowest BCUT2D eigenvalue weighted by atomic mass is 9.58. The van der Waals surface area contributed by atoms with Crippen LogP contribution in [0.3, 0.4) is 0 Å². The fourth-order valence-electron chi connectivity index (χ4n) is 7.64. The number of ether oxygens (including phenoxy) is 1. The first-order chi connectivity index (χ1) is 21.7. The average molecular weight is 632 g/mol. The second-order valence-corrected chi connectivity index (χ2v) is 14.0. The maximum atomic E-state index is 14.2. The summed E-state index contributed by atoms with van der Waals surface area (Å²) in [4.78, 5) is 31.4. The van der Waals surface area contributed by atoms with Crippen molar-refractivity contribution in [3.8, 4) is 0 Å². The molecule has 0 bridgehead atoms. The molecule has 0 radical (unpaired) electrons. The number of aromatic nitrogens is 3. The summed E-state index contributed by atoms with van der Waals surface area (Å²) in [6.45, 7) is 7.48. The molecule has 1 aromatic heterocycles. The number of benzene rings is 2. The van der Waals surface area contributed by atoms with E-state index in [1.165, 1.54) is 12.0 Å². The van der Waals surface area contributed by atoms with Gasteiger partial charge < -0.3 is 25.3 Å². The van der Waals surface area contributed by atoms with Crippen LogP contribution in [-0.4, -0.2) is 70.7 Å². The van der Waals surface area contributed by atoms with Crippen LogP contribution in [0.25, 0.3) is 0 Å². The van der Waals surface area contributed by atoms with Gasteiger partial charge in [0.05, 0.1) is 31.2 Å². The van der Waals surface area contributed by atoms with Crippen LogP contribution in [0.15, 0.2) is 47.6 Å². The topological polar surface area (TPSA) is 119 Å². The molecule has 3 heterocycles. The predicted octanol–water partition coefficient (Wildman–Crippen LogP) is 4.24. The van der Waals surface area contributed by atoms with E-state index >= 15 is 0 Å². The van der Waals surface area contributed by atoms with Crippen LogP contribution in [0.5, 0.6) is 0 Å². The average Bonchev–Trinajstić information content (AvgIpc) is 3.61. The zero-order valence-corrected chi connectivity index (χ0v) is 27.6. The van der Waals surface area contributed by atoms with Crippen molar-refractivity contribution in [1.82, 2.24) is 25.0 Å². The first-order valence-corrected chi connectivity index (χ1v) is 17.2. The van der Waals surface area contributed by atoms with Crippen molar-refractivity contribution in [2.75, 3.05) is 44.1 Å². The molecule has 0 spiro atoms. The summed E-state index contributed by atoms with van der Waals surface area (Å²) in [5.74, 6) is 1.94. The third kappa shape index (κ3) is 6.15. The van der Waals surface area contributed by atoms with Gasteiger partial charge in [0.25, 0.3) is 5.91 Å². The summed E-state index contributed by atoms with van der Waals surface area (Å²) >= 11 is 1.68. The Morgan fingerprint density at radius 1 is 1.22 bits per heavy atom. The first-order valence-electron chi connectivity index (χ1n) is 16.0. The van der Waals surface area contributed by atoms with Crippen LogP contribution in [0, 0.1) is 11.8 Å². The minimum atomic E-state index is -0.246. The third-order valence-electron chi connectivity index (χ3n) is 9.83. The summed E-state index contributed by atoms with van der Waals surface area (Å²) in [6.07, 6.45) is 8.19. The summed E-state index contributed by atoms with van der Waals surface area (Å²) in [5, 5.41) is 11.4. The molecule has 1 unspecified atom stereocenters. The van der Waals surface area contributed by atoms with E-state index in [1.54, 1.807) is 18.1 Å². The molecule has 11 heteroatoms. The molecule has 2 atom stereocenters. The number of amides is 2. The van der Waals surface area contributed by atoms with Gasteiger partial charge in [0.2, 0.25) is 5.91 Å². The zero-order valence-electron chi connectivity index (χ0n) is 26.8. The molecule has 2 aliphatic heterocycles. The van der Waals surface area contributed by atoms with E-state index < -0.39 is 0 Å². The Hall–Kier alpha value is -3.25. The Kier molecular flexibility index (Phi) is 9.33. The Morgan fingerprint density at radius 3 is 2.73 bits per heavy atom. The number of likely N-dealkylation sites (tertiary alicyclic amines) is 1. The van der Waals surface area contributed by atoms with Crippen LogP contribution in [-0.2, 0) is 28.5 Å². The van der Waals surface area contributed by atoms with E-state index in [-0.39, 0.29) is 36.5 Å². The van der Waals surface area contributed by atoms with E-state index in [0.29, 0.717) is 25.0 Å². The van der Waals surface area contributed by atoms with E-state index in [0.717, 1.165) is 65.4 Å². The maximum Gasteiger partial charge on any atom is 0.258 e. The van der Waals surface area contributed by atoms with Gasteiger partial charge in [0.15, 0.2) is 0 Å². The number of nitrogens with one attached hydrogen (secondary N) is 1. The molecule has 3 aliphatic rings. The predicted molar refractivity (Wildman–Crippen MR) is 176 cm³/mol. The van der Waals surface area contributed by atoms with Crippen molar-refractivity contribution in [3.63, 3.8) is 0 Å². The molecule has 2 aromatic carbocycles. The number of anilines is 1. The van der Waals surface area contributed by atoms with E-state index in [4.69, 9.17) is 10.5 Å². The lowest BCUT2D eigenvalue weighted by Crippen LogP contribution is -2.43. The number of hydrogen-bond acceptors (Lipinski definition) is 8. The number of piperidine rings is 1. The number of hydrogen-bond donors (Lipinski definition) is 2. The van der Waals surface area contributed by atoms with Gasteiger partial charge in [0.1, 0.15) is 18.9 Å². The molecule has 1 aliphatic carbocycles. The highest BCUT2D eigenvalue weighted by atomic mass is 32.2. The highest BCUT2D eigenvalue weighted by molar-refractivity contribution is 7.98. The number of nitrogens with two attached hydrogens (primary N) is 1. The maximum absolute atomic E-state index is 14.2. The minimum Gasteiger partial charge on any atom is -0.359 e. The van der Waals surface area contributed by atoms with Crippen LogP contribution < -0.4 is 16.0 Å². The highest BCUT2D eigenvalue weighted by Crippen LogP contribution is 2.52. The smallest absolute Gasteiger partial charge is 0.258 e. The summed E-state index contributed by atoms with van der Waals surface area (Å²) in [6, 6.07) is 12.8. The summed E-state index contributed by atoms with van der Waals surface area (Å²) < 4.78 is 8.01. The summed E-state index contributed by atoms with van der Waals surface area (Å²) in [5.41, 5.74) is 10.2. The Morgan fingerprint density at radius 2 is 2.04 bits per heavy atom. The fourth-order valence-corrected chi connectivity index (χ4v) is 8.31. The first kappa shape index (κ1) is 31.7. The molecule has 240 valence electrons. The van der Waals surface area contributed by atoms with Crippen LogP contribution in [0.2, 0.25) is 0 Å². The lowest BCUT2D eigenvalue weighted by molar-refractivity contribution is -0.121. The third-order valence-corrected chi connectivity index (χ3v) is 10.6. The van der Waals surface area contributed by atoms with Gasteiger partial charge in [0, 0.05) is 29.7 Å². The number of fused-ring (bicyclic) bond motifs is 1. The molecular formula is C34H45N7O3S. The molecular weight excluding hydrogens is 586 g/mol. The van der Waals surface area contributed by atoms with Gasteiger partial charge in [-0.05, 0) is 91.3 Å². The number of rotatable bonds is 11. The zero-order chi connectivity index (χ0) is 31.7. The van der Waals surface area contributed by atoms with Gasteiger partial charge in [-0.3, -0.25) is 14.5 Å². The standard InChI is InChI=1S/C34H45N7O3S/c1-22-7-6-10-40(17-22)29(19-44-21-36-31(42)16-35)24-11-27-28(30(12-24)45-4)18-41(32(27)43)26-9-5-8-25(13-26)34(14-23(2)15-34)33-38-37-20-39(33)3/h5,8-9,11-13,20,22-23,29H,6-7,10,14-19,21,35H2,1-4H3,(H,36,42)/t22-,23?,29?,34?/m0/s1. The van der Waals surface area contributed by atoms with E-state index in [9.17, 15) is 9.59 Å². The molecule has 2 amide bonds. The van der Waals surface area contributed by atoms with Gasteiger partial charge in [-0.15, -0.1) is 22.0 Å². The summed E-state index contributed by atoms with van der Waals surface area (Å²) in [7, 11) is 2.01. The lowest BCUT2D eigenvalue weighted by Gasteiger charge is -2.46. The molecule has 3 aromatic rings. The van der Waals surface area contributed by atoms with E-state index in [2.05, 4.69) is 70.8 Å². The van der Waals surface area contributed by atoms with Gasteiger partial charge in [-0.1, -0.05) is 26.0 Å². The van der Waals surface area contributed by atoms with Crippen molar-refractivity contribution >= 4 is 29.3 Å². The van der Waals surface area contributed by atoms with Crippen molar-refractivity contribution in [1.29, 1.82) is 0 Å². The van der Waals surface area contributed by atoms with Crippen molar-refractivity contribution in [2.24, 2.45) is 24.6 Å². The van der Waals surface area contributed by atoms with Gasteiger partial charge >= 0.3 is 0 Å². The SMILES string of the molecule is CSc1cc(C(COCNC(=O)CN)N2CCC[C@H](C)C2)cc2c1CN(c1cccc(C3(c4nncn4C)CC(C)C3)c1)C2=O. The Balaban J connectivity index is 1.30. The molecule has 1 saturated carbocycles. The quantitative estimate of drug-likeness (QED) is 0.183. The van der Waals surface area contributed by atoms with Crippen molar-refractivity contribution in [3.05, 3.63) is 70.8 Å². The number of carbonyl (C=O) groups is 2. The van der Waals surface area contributed by atoms with Crippen LogP contribution in [0.4, 0.5) is 5.69 Å². The monoisotopic (exact) mass is 631 g/mol. The molecule has 2 fully saturated rings. The minimum absolute atomic E-state index is 0.0240. The highest BCUT2D eigenvalue weighted by Gasteiger charge is 2.48. The number of nitrogens with zero attached hydrogens (tertiary/aromatic N) is 5.